The molecule has 1 aromatic rings. The average Bonchev–Trinajstić information content (AvgIpc) is 2.28. The SMILES string of the molecule is COCC(C)NC(=O)c1cccc(N)c1[N+](=O)[O-]. The molecule has 0 fully saturated rings. The number of para-hydroxylation sites is 1. The Hall–Kier alpha value is -2.15. The van der Waals surface area contributed by atoms with Gasteiger partial charge in [0.2, 0.25) is 0 Å². The Balaban J connectivity index is 2.99. The number of methoxy groups -OCH3 is 1. The summed E-state index contributed by atoms with van der Waals surface area (Å²) in [6, 6.07) is 4.00. The van der Waals surface area contributed by atoms with Gasteiger partial charge in [0.1, 0.15) is 11.3 Å². The van der Waals surface area contributed by atoms with E-state index in [4.69, 9.17) is 10.5 Å². The van der Waals surface area contributed by atoms with Gasteiger partial charge in [-0.15, -0.1) is 0 Å². The number of amides is 1. The largest absolute Gasteiger partial charge is 0.393 e. The highest BCUT2D eigenvalue weighted by Crippen LogP contribution is 2.25. The lowest BCUT2D eigenvalue weighted by molar-refractivity contribution is -0.384. The Morgan fingerprint density at radius 3 is 2.83 bits per heavy atom. The third-order valence-corrected chi connectivity index (χ3v) is 2.29. The maximum atomic E-state index is 11.9. The fraction of sp³-hybridized carbons (Fsp3) is 0.364. The molecular formula is C11H15N3O4. The number of nitrogen functional groups attached to an aromatic ring is 1. The van der Waals surface area contributed by atoms with Crippen molar-refractivity contribution in [2.45, 2.75) is 13.0 Å². The quantitative estimate of drug-likeness (QED) is 0.461. The molecule has 0 saturated heterocycles. The lowest BCUT2D eigenvalue weighted by Crippen LogP contribution is -2.36. The molecule has 7 heteroatoms. The maximum absolute atomic E-state index is 11.9. The molecule has 1 atom stereocenters. The number of nitrogens with two attached hydrogens (primary N) is 1. The standard InChI is InChI=1S/C11H15N3O4/c1-7(6-18-2)13-11(15)8-4-3-5-9(12)10(8)14(16)17/h3-5,7H,6,12H2,1-2H3,(H,13,15). The maximum Gasteiger partial charge on any atom is 0.304 e. The second kappa shape index (κ2) is 5.97. The van der Waals surface area contributed by atoms with Crippen molar-refractivity contribution in [2.24, 2.45) is 0 Å². The summed E-state index contributed by atoms with van der Waals surface area (Å²) < 4.78 is 4.87. The van der Waals surface area contributed by atoms with Gasteiger partial charge in [-0.2, -0.15) is 0 Å². The summed E-state index contributed by atoms with van der Waals surface area (Å²) >= 11 is 0. The predicted molar refractivity (Wildman–Crippen MR) is 66.3 cm³/mol. The number of carbonyl (C=O) groups is 1. The first-order chi connectivity index (χ1) is 8.47. The van der Waals surface area contributed by atoms with E-state index in [0.717, 1.165) is 0 Å². The van der Waals surface area contributed by atoms with E-state index < -0.39 is 10.8 Å². The van der Waals surface area contributed by atoms with E-state index in [1.54, 1.807) is 6.92 Å². The number of nitrogens with zero attached hydrogens (tertiary/aromatic N) is 1. The Labute approximate surface area is 104 Å². The number of nitro groups is 1. The molecular weight excluding hydrogens is 238 g/mol. The van der Waals surface area contributed by atoms with Crippen LogP contribution in [0.5, 0.6) is 0 Å². The topological polar surface area (TPSA) is 107 Å². The van der Waals surface area contributed by atoms with Crippen molar-refractivity contribution < 1.29 is 14.5 Å². The highest BCUT2D eigenvalue weighted by Gasteiger charge is 2.23. The van der Waals surface area contributed by atoms with E-state index in [9.17, 15) is 14.9 Å². The van der Waals surface area contributed by atoms with E-state index in [1.165, 1.54) is 25.3 Å². The van der Waals surface area contributed by atoms with Gasteiger partial charge >= 0.3 is 5.69 Å². The molecule has 0 aliphatic heterocycles. The van der Waals surface area contributed by atoms with Gasteiger partial charge < -0.3 is 15.8 Å². The number of rotatable bonds is 5. The third kappa shape index (κ3) is 3.17. The summed E-state index contributed by atoms with van der Waals surface area (Å²) in [4.78, 5) is 22.1. The molecule has 7 nitrogen and oxygen atoms in total. The van der Waals surface area contributed by atoms with Crippen molar-refractivity contribution in [3.63, 3.8) is 0 Å². The minimum Gasteiger partial charge on any atom is -0.393 e. The van der Waals surface area contributed by atoms with E-state index in [2.05, 4.69) is 5.32 Å². The van der Waals surface area contributed by atoms with Gasteiger partial charge in [-0.25, -0.2) is 0 Å². The van der Waals surface area contributed by atoms with Crippen LogP contribution in [0.15, 0.2) is 18.2 Å². The first kappa shape index (κ1) is 13.9. The number of nitrogens with one attached hydrogen (secondary N) is 1. The number of carbonyl (C=O) groups excluding carboxylic acids is 1. The van der Waals surface area contributed by atoms with Crippen molar-refractivity contribution in [1.29, 1.82) is 0 Å². The molecule has 0 radical (unpaired) electrons. The second-order valence-corrected chi connectivity index (χ2v) is 3.83. The zero-order chi connectivity index (χ0) is 13.7. The summed E-state index contributed by atoms with van der Waals surface area (Å²) in [5.74, 6) is -0.543. The van der Waals surface area contributed by atoms with E-state index in [-0.39, 0.29) is 23.0 Å². The van der Waals surface area contributed by atoms with Crippen LogP contribution in [-0.4, -0.2) is 30.6 Å². The van der Waals surface area contributed by atoms with Crippen LogP contribution < -0.4 is 11.1 Å². The molecule has 1 aromatic carbocycles. The Kier molecular flexibility index (Phi) is 4.61. The van der Waals surface area contributed by atoms with E-state index >= 15 is 0 Å². The lowest BCUT2D eigenvalue weighted by Gasteiger charge is -2.13. The molecule has 3 N–H and O–H groups in total. The molecule has 0 aliphatic rings. The fourth-order valence-electron chi connectivity index (χ4n) is 1.54. The zero-order valence-corrected chi connectivity index (χ0v) is 10.2. The Bertz CT molecular complexity index is 462. The van der Waals surface area contributed by atoms with E-state index in [0.29, 0.717) is 6.61 Å². The van der Waals surface area contributed by atoms with Crippen LogP contribution in [0.25, 0.3) is 0 Å². The number of hydrogen-bond acceptors (Lipinski definition) is 5. The van der Waals surface area contributed by atoms with Gasteiger partial charge in [0.15, 0.2) is 0 Å². The van der Waals surface area contributed by atoms with Crippen LogP contribution in [0.3, 0.4) is 0 Å². The third-order valence-electron chi connectivity index (χ3n) is 2.29. The van der Waals surface area contributed by atoms with Gasteiger partial charge in [0, 0.05) is 13.2 Å². The molecule has 0 spiro atoms. The van der Waals surface area contributed by atoms with Crippen LogP contribution in [0.1, 0.15) is 17.3 Å². The molecule has 98 valence electrons. The van der Waals surface area contributed by atoms with Crippen LogP contribution in [0.4, 0.5) is 11.4 Å². The van der Waals surface area contributed by atoms with Crippen molar-refractivity contribution >= 4 is 17.3 Å². The summed E-state index contributed by atoms with van der Waals surface area (Å²) in [6.07, 6.45) is 0. The molecule has 0 aliphatic carbocycles. The monoisotopic (exact) mass is 253 g/mol. The molecule has 0 aromatic heterocycles. The lowest BCUT2D eigenvalue weighted by atomic mass is 10.1. The molecule has 0 bridgehead atoms. The fourth-order valence-corrected chi connectivity index (χ4v) is 1.54. The van der Waals surface area contributed by atoms with Crippen LogP contribution >= 0.6 is 0 Å². The van der Waals surface area contributed by atoms with Gasteiger partial charge in [0.05, 0.1) is 11.5 Å². The predicted octanol–water partition coefficient (Wildman–Crippen LogP) is 0.942. The first-order valence-corrected chi connectivity index (χ1v) is 5.30. The zero-order valence-electron chi connectivity index (χ0n) is 10.2. The van der Waals surface area contributed by atoms with Crippen LogP contribution in [0, 0.1) is 10.1 Å². The number of ether oxygens (including phenoxy) is 1. The van der Waals surface area contributed by atoms with Crippen molar-refractivity contribution in [3.8, 4) is 0 Å². The molecule has 18 heavy (non-hydrogen) atoms. The number of hydrogen-bond donors (Lipinski definition) is 2. The van der Waals surface area contributed by atoms with Crippen LogP contribution in [0.2, 0.25) is 0 Å². The Morgan fingerprint density at radius 2 is 2.28 bits per heavy atom. The molecule has 0 saturated carbocycles. The van der Waals surface area contributed by atoms with Gasteiger partial charge in [-0.1, -0.05) is 6.07 Å². The number of nitro benzene ring substituents is 1. The summed E-state index contributed by atoms with van der Waals surface area (Å²) in [6.45, 7) is 2.06. The van der Waals surface area contributed by atoms with Crippen molar-refractivity contribution in [2.75, 3.05) is 19.5 Å². The summed E-state index contributed by atoms with van der Waals surface area (Å²) in [7, 11) is 1.51. The van der Waals surface area contributed by atoms with Gasteiger partial charge in [-0.05, 0) is 19.1 Å². The first-order valence-electron chi connectivity index (χ1n) is 5.30. The van der Waals surface area contributed by atoms with Crippen molar-refractivity contribution in [3.05, 3.63) is 33.9 Å². The minimum atomic E-state index is -0.661. The van der Waals surface area contributed by atoms with Gasteiger partial charge in [0.25, 0.3) is 5.91 Å². The van der Waals surface area contributed by atoms with Gasteiger partial charge in [-0.3, -0.25) is 14.9 Å². The molecule has 1 amide bonds. The Morgan fingerprint density at radius 1 is 1.61 bits per heavy atom. The van der Waals surface area contributed by atoms with E-state index in [1.807, 2.05) is 0 Å². The summed E-state index contributed by atoms with van der Waals surface area (Å²) in [5.41, 5.74) is 5.04. The molecule has 1 rings (SSSR count). The smallest absolute Gasteiger partial charge is 0.304 e. The molecule has 1 unspecified atom stereocenters. The number of benzene rings is 1. The number of anilines is 1. The summed E-state index contributed by atoms with van der Waals surface area (Å²) in [5, 5.41) is 13.5. The second-order valence-electron chi connectivity index (χ2n) is 3.83. The highest BCUT2D eigenvalue weighted by molar-refractivity contribution is 6.00. The van der Waals surface area contributed by atoms with Crippen molar-refractivity contribution in [1.82, 2.24) is 5.32 Å². The van der Waals surface area contributed by atoms with Crippen LogP contribution in [-0.2, 0) is 4.74 Å². The minimum absolute atomic E-state index is 0.0351. The average molecular weight is 253 g/mol. The molecule has 0 heterocycles. The normalized spacial score (nSPS) is 11.9. The highest BCUT2D eigenvalue weighted by atomic mass is 16.6.